The quantitative estimate of drug-likeness (QED) is 0.708. The van der Waals surface area contributed by atoms with E-state index in [2.05, 4.69) is 69.1 Å². The first-order valence-corrected chi connectivity index (χ1v) is 9.90. The molecule has 21 heavy (non-hydrogen) atoms. The molecule has 1 heterocycles. The molecule has 109 valence electrons. The molecule has 0 spiro atoms. The maximum Gasteiger partial charge on any atom is 0.151 e. The predicted molar refractivity (Wildman–Crippen MR) is 92.0 cm³/mol. The van der Waals surface area contributed by atoms with E-state index < -0.39 is 8.80 Å². The van der Waals surface area contributed by atoms with Gasteiger partial charge in [0.25, 0.3) is 0 Å². The molecule has 0 bridgehead atoms. The van der Waals surface area contributed by atoms with Crippen LogP contribution in [0.2, 0.25) is 13.1 Å². The highest BCUT2D eigenvalue weighted by molar-refractivity contribution is 6.72. The van der Waals surface area contributed by atoms with Crippen molar-refractivity contribution in [3.05, 3.63) is 42.5 Å². The molecule has 2 aromatic rings. The summed E-state index contributed by atoms with van der Waals surface area (Å²) in [6, 6.07) is 14.8. The first-order valence-electron chi connectivity index (χ1n) is 7.40. The van der Waals surface area contributed by atoms with Crippen LogP contribution in [0, 0.1) is 0 Å². The van der Waals surface area contributed by atoms with Crippen LogP contribution < -0.4 is 14.8 Å². The third-order valence-corrected chi connectivity index (χ3v) is 5.24. The smallest absolute Gasteiger partial charge is 0.151 e. The van der Waals surface area contributed by atoms with Crippen LogP contribution >= 0.6 is 0 Å². The van der Waals surface area contributed by atoms with Crippen molar-refractivity contribution in [2.75, 3.05) is 4.90 Å². The van der Waals surface area contributed by atoms with Crippen LogP contribution in [-0.2, 0) is 0 Å². The van der Waals surface area contributed by atoms with Gasteiger partial charge in [-0.25, -0.2) is 0 Å². The number of ether oxygens (including phenoxy) is 1. The molecule has 0 unspecified atom stereocenters. The molecule has 2 nitrogen and oxygen atoms in total. The Morgan fingerprint density at radius 3 is 2.24 bits per heavy atom. The number of anilines is 2. The monoisotopic (exact) mass is 296 g/mol. The Bertz CT molecular complexity index is 673. The van der Waals surface area contributed by atoms with Gasteiger partial charge in [0.05, 0.1) is 20.2 Å². The number of rotatable bonds is 1. The van der Waals surface area contributed by atoms with Crippen molar-refractivity contribution in [3.8, 4) is 11.5 Å². The molecule has 1 aliphatic rings. The Balaban J connectivity index is 2.29. The number of hydrogen-bond donors (Lipinski definition) is 0. The second-order valence-electron chi connectivity index (χ2n) is 6.73. The molecule has 3 rings (SSSR count). The standard InChI is InChI=1S/C18H22NOSi/c1-18(2,3)19-13-9-6-7-10-14(13)20-15-11-8-12-16(17(15)19)21(4)5/h6-12H,1-5H3. The second-order valence-corrected chi connectivity index (χ2v) is 9.27. The number of nitrogens with zero attached hydrogens (tertiary/aromatic N) is 1. The zero-order chi connectivity index (χ0) is 15.2. The van der Waals surface area contributed by atoms with Gasteiger partial charge >= 0.3 is 0 Å². The lowest BCUT2D eigenvalue weighted by Gasteiger charge is -2.43. The summed E-state index contributed by atoms with van der Waals surface area (Å²) in [7, 11) is -0.568. The summed E-state index contributed by atoms with van der Waals surface area (Å²) >= 11 is 0. The maximum absolute atomic E-state index is 6.17. The normalized spacial score (nSPS) is 13.7. The van der Waals surface area contributed by atoms with Gasteiger partial charge in [-0.3, -0.25) is 0 Å². The molecule has 2 aromatic carbocycles. The number of para-hydroxylation sites is 3. The van der Waals surface area contributed by atoms with Gasteiger partial charge in [-0.05, 0) is 44.2 Å². The van der Waals surface area contributed by atoms with Gasteiger partial charge < -0.3 is 9.64 Å². The Hall–Kier alpha value is -1.74. The van der Waals surface area contributed by atoms with E-state index >= 15 is 0 Å². The fourth-order valence-corrected chi connectivity index (χ4v) is 4.04. The van der Waals surface area contributed by atoms with Crippen molar-refractivity contribution >= 4 is 25.4 Å². The van der Waals surface area contributed by atoms with Crippen LogP contribution in [0.1, 0.15) is 20.8 Å². The third kappa shape index (κ3) is 2.36. The van der Waals surface area contributed by atoms with Crippen LogP contribution in [-0.4, -0.2) is 14.3 Å². The number of benzene rings is 2. The van der Waals surface area contributed by atoms with Gasteiger partial charge in [-0.2, -0.15) is 0 Å². The van der Waals surface area contributed by atoms with E-state index in [0.717, 1.165) is 17.2 Å². The maximum atomic E-state index is 6.17. The van der Waals surface area contributed by atoms with E-state index in [0.29, 0.717) is 0 Å². The van der Waals surface area contributed by atoms with E-state index in [1.54, 1.807) is 0 Å². The second kappa shape index (κ2) is 4.92. The summed E-state index contributed by atoms with van der Waals surface area (Å²) in [6.07, 6.45) is 0. The summed E-state index contributed by atoms with van der Waals surface area (Å²) in [5.74, 6) is 1.92. The molecule has 1 aliphatic heterocycles. The molecule has 0 saturated heterocycles. The highest BCUT2D eigenvalue weighted by Gasteiger charge is 2.34. The fourth-order valence-electron chi connectivity index (χ4n) is 2.90. The lowest BCUT2D eigenvalue weighted by molar-refractivity contribution is 0.452. The average Bonchev–Trinajstić information content (AvgIpc) is 2.42. The van der Waals surface area contributed by atoms with Crippen molar-refractivity contribution in [2.45, 2.75) is 39.4 Å². The van der Waals surface area contributed by atoms with Crippen molar-refractivity contribution in [1.29, 1.82) is 0 Å². The van der Waals surface area contributed by atoms with Crippen molar-refractivity contribution in [3.63, 3.8) is 0 Å². The van der Waals surface area contributed by atoms with Gasteiger partial charge in [0.15, 0.2) is 11.5 Å². The molecule has 3 heteroatoms. The minimum atomic E-state index is -0.568. The van der Waals surface area contributed by atoms with Crippen molar-refractivity contribution in [2.24, 2.45) is 0 Å². The first kappa shape index (κ1) is 14.2. The van der Waals surface area contributed by atoms with E-state index in [4.69, 9.17) is 4.74 Å². The Morgan fingerprint density at radius 1 is 0.905 bits per heavy atom. The summed E-state index contributed by atoms with van der Waals surface area (Å²) in [5.41, 5.74) is 2.41. The zero-order valence-corrected chi connectivity index (χ0v) is 14.4. The van der Waals surface area contributed by atoms with E-state index in [1.807, 2.05) is 12.1 Å². The van der Waals surface area contributed by atoms with Crippen LogP contribution in [0.3, 0.4) is 0 Å². The molecular weight excluding hydrogens is 274 g/mol. The molecule has 0 atom stereocenters. The third-order valence-electron chi connectivity index (χ3n) is 3.76. The highest BCUT2D eigenvalue weighted by atomic mass is 28.3. The Kier molecular flexibility index (Phi) is 3.33. The van der Waals surface area contributed by atoms with Gasteiger partial charge in [0, 0.05) is 5.54 Å². The van der Waals surface area contributed by atoms with Crippen LogP contribution in [0.4, 0.5) is 11.4 Å². The SMILES string of the molecule is C[Si](C)c1cccc2c1N(C(C)(C)C)c1ccccc1O2. The summed E-state index contributed by atoms with van der Waals surface area (Å²) < 4.78 is 6.17. The Morgan fingerprint density at radius 2 is 1.57 bits per heavy atom. The molecular formula is C18H22NOSi. The summed E-state index contributed by atoms with van der Waals surface area (Å²) in [5, 5.41) is 1.43. The van der Waals surface area contributed by atoms with Crippen LogP contribution in [0.25, 0.3) is 0 Å². The van der Waals surface area contributed by atoms with Crippen molar-refractivity contribution < 1.29 is 4.74 Å². The fraction of sp³-hybridized carbons (Fsp3) is 0.333. The van der Waals surface area contributed by atoms with Crippen LogP contribution in [0.5, 0.6) is 11.5 Å². The van der Waals surface area contributed by atoms with Crippen molar-refractivity contribution in [1.82, 2.24) is 0 Å². The van der Waals surface area contributed by atoms with E-state index in [9.17, 15) is 0 Å². The summed E-state index contributed by atoms with van der Waals surface area (Å²) in [6.45, 7) is 11.4. The molecule has 0 aromatic heterocycles. The minimum Gasteiger partial charge on any atom is -0.453 e. The number of hydrogen-bond acceptors (Lipinski definition) is 2. The highest BCUT2D eigenvalue weighted by Crippen LogP contribution is 2.48. The molecule has 0 saturated carbocycles. The first-order chi connectivity index (χ1) is 9.89. The van der Waals surface area contributed by atoms with E-state index in [1.165, 1.54) is 10.9 Å². The lowest BCUT2D eigenvalue weighted by Crippen LogP contribution is -2.43. The number of fused-ring (bicyclic) bond motifs is 2. The topological polar surface area (TPSA) is 12.5 Å². The lowest BCUT2D eigenvalue weighted by atomic mass is 10.0. The molecule has 0 N–H and O–H groups in total. The van der Waals surface area contributed by atoms with Gasteiger partial charge in [-0.1, -0.05) is 37.4 Å². The minimum absolute atomic E-state index is 0.00204. The van der Waals surface area contributed by atoms with Gasteiger partial charge in [0.2, 0.25) is 0 Å². The average molecular weight is 296 g/mol. The van der Waals surface area contributed by atoms with Crippen LogP contribution in [0.15, 0.2) is 42.5 Å². The zero-order valence-electron chi connectivity index (χ0n) is 13.4. The molecule has 0 amide bonds. The largest absolute Gasteiger partial charge is 0.453 e. The Labute approximate surface area is 129 Å². The van der Waals surface area contributed by atoms with E-state index in [-0.39, 0.29) is 5.54 Å². The predicted octanol–water partition coefficient (Wildman–Crippen LogP) is 4.69. The molecule has 0 fully saturated rings. The summed E-state index contributed by atoms with van der Waals surface area (Å²) in [4.78, 5) is 2.44. The molecule has 0 aliphatic carbocycles. The van der Waals surface area contributed by atoms with Gasteiger partial charge in [-0.15, -0.1) is 0 Å². The van der Waals surface area contributed by atoms with Gasteiger partial charge in [0.1, 0.15) is 0 Å². The molecule has 1 radical (unpaired) electrons.